The number of hydrogen-bond acceptors (Lipinski definition) is 2. The van der Waals surface area contributed by atoms with Gasteiger partial charge in [0.2, 0.25) is 0 Å². The van der Waals surface area contributed by atoms with E-state index in [1.807, 2.05) is 7.05 Å². The fraction of sp³-hybridized carbons (Fsp3) is 0.769. The van der Waals surface area contributed by atoms with E-state index in [0.717, 1.165) is 12.2 Å². The first-order valence-electron chi connectivity index (χ1n) is 6.39. The molecule has 1 heterocycles. The van der Waals surface area contributed by atoms with Crippen LogP contribution in [0.4, 0.5) is 0 Å². The van der Waals surface area contributed by atoms with Gasteiger partial charge in [-0.2, -0.15) is 5.10 Å². The number of nitrogens with zero attached hydrogens (tertiary/aromatic N) is 2. The molecule has 1 aromatic rings. The molecule has 0 aliphatic rings. The van der Waals surface area contributed by atoms with Gasteiger partial charge in [0, 0.05) is 6.54 Å². The first-order chi connectivity index (χ1) is 7.67. The fourth-order valence-corrected chi connectivity index (χ4v) is 2.45. The van der Waals surface area contributed by atoms with Crippen LogP contribution in [-0.4, -0.2) is 16.8 Å². The number of aromatic nitrogens is 2. The Bertz CT molecular complexity index is 313. The Balaban J connectivity index is 3.01. The summed E-state index contributed by atoms with van der Waals surface area (Å²) in [5.74, 6) is 0.686. The van der Waals surface area contributed by atoms with Crippen molar-refractivity contribution in [2.45, 2.75) is 53.1 Å². The highest BCUT2D eigenvalue weighted by Gasteiger charge is 2.22. The Morgan fingerprint density at radius 1 is 1.31 bits per heavy atom. The topological polar surface area (TPSA) is 29.9 Å². The summed E-state index contributed by atoms with van der Waals surface area (Å²) in [4.78, 5) is 0. The van der Waals surface area contributed by atoms with Gasteiger partial charge in [0.25, 0.3) is 0 Å². The average Bonchev–Trinajstić information content (AvgIpc) is 2.66. The molecule has 1 rings (SSSR count). The standard InChI is InChI=1S/C13H25N3/c1-6-11(7-2)13(14-5)12-9-10(4)15-16(12)8-3/h9,11,13-14H,6-8H2,1-5H3. The van der Waals surface area contributed by atoms with Crippen molar-refractivity contribution < 1.29 is 0 Å². The maximum Gasteiger partial charge on any atom is 0.0597 e. The van der Waals surface area contributed by atoms with Gasteiger partial charge in [0.15, 0.2) is 0 Å². The summed E-state index contributed by atoms with van der Waals surface area (Å²) >= 11 is 0. The van der Waals surface area contributed by atoms with Crippen LogP contribution >= 0.6 is 0 Å². The van der Waals surface area contributed by atoms with Crippen molar-refractivity contribution >= 4 is 0 Å². The SMILES string of the molecule is CCC(CC)C(NC)c1cc(C)nn1CC. The lowest BCUT2D eigenvalue weighted by Gasteiger charge is -2.25. The summed E-state index contributed by atoms with van der Waals surface area (Å²) in [7, 11) is 2.05. The van der Waals surface area contributed by atoms with E-state index < -0.39 is 0 Å². The molecule has 1 unspecified atom stereocenters. The minimum atomic E-state index is 0.427. The van der Waals surface area contributed by atoms with Crippen molar-refractivity contribution in [1.82, 2.24) is 15.1 Å². The molecule has 0 aliphatic carbocycles. The Labute approximate surface area is 99.2 Å². The molecular formula is C13H25N3. The lowest BCUT2D eigenvalue weighted by molar-refractivity contribution is 0.340. The largest absolute Gasteiger partial charge is 0.311 e. The van der Waals surface area contributed by atoms with Crippen LogP contribution < -0.4 is 5.32 Å². The molecular weight excluding hydrogens is 198 g/mol. The molecule has 16 heavy (non-hydrogen) atoms. The first-order valence-corrected chi connectivity index (χ1v) is 6.39. The third-order valence-electron chi connectivity index (χ3n) is 3.38. The van der Waals surface area contributed by atoms with Crippen LogP contribution in [0.3, 0.4) is 0 Å². The second-order valence-electron chi connectivity index (χ2n) is 4.37. The average molecular weight is 223 g/mol. The van der Waals surface area contributed by atoms with E-state index in [0.29, 0.717) is 12.0 Å². The molecule has 0 aromatic carbocycles. The summed E-state index contributed by atoms with van der Waals surface area (Å²) < 4.78 is 2.12. The monoisotopic (exact) mass is 223 g/mol. The lowest BCUT2D eigenvalue weighted by Crippen LogP contribution is -2.27. The minimum absolute atomic E-state index is 0.427. The van der Waals surface area contributed by atoms with Crippen LogP contribution in [0, 0.1) is 12.8 Å². The molecule has 0 bridgehead atoms. The van der Waals surface area contributed by atoms with Crippen molar-refractivity contribution in [2.75, 3.05) is 7.05 Å². The molecule has 0 saturated carbocycles. The van der Waals surface area contributed by atoms with Crippen LogP contribution in [0.15, 0.2) is 6.07 Å². The van der Waals surface area contributed by atoms with E-state index in [1.165, 1.54) is 18.5 Å². The normalized spacial score (nSPS) is 13.4. The number of nitrogens with one attached hydrogen (secondary N) is 1. The van der Waals surface area contributed by atoms with Crippen LogP contribution in [0.1, 0.15) is 51.0 Å². The molecule has 92 valence electrons. The molecule has 0 saturated heterocycles. The minimum Gasteiger partial charge on any atom is -0.311 e. The molecule has 3 heteroatoms. The number of rotatable bonds is 6. The molecule has 0 radical (unpaired) electrons. The third kappa shape index (κ3) is 2.64. The van der Waals surface area contributed by atoms with Gasteiger partial charge in [-0.05, 0) is 32.9 Å². The second kappa shape index (κ2) is 6.04. The van der Waals surface area contributed by atoms with Crippen molar-refractivity contribution in [3.05, 3.63) is 17.5 Å². The summed E-state index contributed by atoms with van der Waals surface area (Å²) in [6.45, 7) is 9.68. The van der Waals surface area contributed by atoms with Gasteiger partial charge in [-0.3, -0.25) is 4.68 Å². The highest BCUT2D eigenvalue weighted by Crippen LogP contribution is 2.27. The molecule has 3 nitrogen and oxygen atoms in total. The van der Waals surface area contributed by atoms with E-state index in [-0.39, 0.29) is 0 Å². The van der Waals surface area contributed by atoms with Gasteiger partial charge < -0.3 is 5.32 Å². The number of hydrogen-bond donors (Lipinski definition) is 1. The lowest BCUT2D eigenvalue weighted by atomic mass is 9.91. The zero-order valence-electron chi connectivity index (χ0n) is 11.2. The van der Waals surface area contributed by atoms with E-state index in [4.69, 9.17) is 0 Å². The van der Waals surface area contributed by atoms with E-state index in [9.17, 15) is 0 Å². The van der Waals surface area contributed by atoms with Crippen molar-refractivity contribution in [3.63, 3.8) is 0 Å². The second-order valence-corrected chi connectivity index (χ2v) is 4.37. The summed E-state index contributed by atoms with van der Waals surface area (Å²) in [5.41, 5.74) is 2.44. The predicted octanol–water partition coefficient (Wildman–Crippen LogP) is 2.91. The molecule has 1 aromatic heterocycles. The van der Waals surface area contributed by atoms with Crippen molar-refractivity contribution in [1.29, 1.82) is 0 Å². The summed E-state index contributed by atoms with van der Waals surface area (Å²) in [5, 5.41) is 7.97. The highest BCUT2D eigenvalue weighted by atomic mass is 15.3. The highest BCUT2D eigenvalue weighted by molar-refractivity contribution is 5.14. The van der Waals surface area contributed by atoms with Crippen LogP contribution in [-0.2, 0) is 6.54 Å². The molecule has 1 N–H and O–H groups in total. The zero-order valence-corrected chi connectivity index (χ0v) is 11.2. The van der Waals surface area contributed by atoms with E-state index in [1.54, 1.807) is 0 Å². The van der Waals surface area contributed by atoms with Crippen LogP contribution in [0.25, 0.3) is 0 Å². The summed E-state index contributed by atoms with van der Waals surface area (Å²) in [6.07, 6.45) is 2.41. The van der Waals surface area contributed by atoms with Crippen molar-refractivity contribution in [2.24, 2.45) is 5.92 Å². The Kier molecular flexibility index (Phi) is 5.00. The van der Waals surface area contributed by atoms with Gasteiger partial charge in [-0.25, -0.2) is 0 Å². The Morgan fingerprint density at radius 3 is 2.38 bits per heavy atom. The van der Waals surface area contributed by atoms with Crippen LogP contribution in [0.5, 0.6) is 0 Å². The van der Waals surface area contributed by atoms with E-state index >= 15 is 0 Å². The Morgan fingerprint density at radius 2 is 1.94 bits per heavy atom. The summed E-state index contributed by atoms with van der Waals surface area (Å²) in [6, 6.07) is 2.64. The predicted molar refractivity (Wildman–Crippen MR) is 68.5 cm³/mol. The van der Waals surface area contributed by atoms with Gasteiger partial charge in [-0.15, -0.1) is 0 Å². The maximum absolute atomic E-state index is 4.53. The van der Waals surface area contributed by atoms with Crippen LogP contribution in [0.2, 0.25) is 0 Å². The third-order valence-corrected chi connectivity index (χ3v) is 3.38. The zero-order chi connectivity index (χ0) is 12.1. The fourth-order valence-electron chi connectivity index (χ4n) is 2.45. The molecule has 0 aliphatic heterocycles. The Hall–Kier alpha value is -0.830. The molecule has 0 spiro atoms. The maximum atomic E-state index is 4.53. The van der Waals surface area contributed by atoms with Gasteiger partial charge in [0.1, 0.15) is 0 Å². The van der Waals surface area contributed by atoms with Gasteiger partial charge in [-0.1, -0.05) is 26.7 Å². The quantitative estimate of drug-likeness (QED) is 0.803. The smallest absolute Gasteiger partial charge is 0.0597 e. The van der Waals surface area contributed by atoms with Crippen molar-refractivity contribution in [3.8, 4) is 0 Å². The van der Waals surface area contributed by atoms with Gasteiger partial charge >= 0.3 is 0 Å². The first kappa shape index (κ1) is 13.2. The molecule has 1 atom stereocenters. The van der Waals surface area contributed by atoms with Gasteiger partial charge in [0.05, 0.1) is 17.4 Å². The van der Waals surface area contributed by atoms with E-state index in [2.05, 4.69) is 48.9 Å². The molecule has 0 fully saturated rings. The molecule has 0 amide bonds. The number of aryl methyl sites for hydroxylation is 2.